The zero-order valence-corrected chi connectivity index (χ0v) is 12.2. The van der Waals surface area contributed by atoms with Crippen molar-refractivity contribution >= 4 is 15.9 Å². The van der Waals surface area contributed by atoms with E-state index in [1.165, 1.54) is 29.4 Å². The van der Waals surface area contributed by atoms with Crippen molar-refractivity contribution in [3.8, 4) is 0 Å². The first-order chi connectivity index (χ1) is 8.18. The Morgan fingerprint density at radius 2 is 2.24 bits per heavy atom. The highest BCUT2D eigenvalue weighted by Crippen LogP contribution is 2.26. The number of nitrogens with one attached hydrogen (secondary N) is 1. The van der Waals surface area contributed by atoms with Gasteiger partial charge in [0.05, 0.1) is 0 Å². The maximum atomic E-state index is 3.64. The summed E-state index contributed by atoms with van der Waals surface area (Å²) in [5, 5.41) is 3.56. The summed E-state index contributed by atoms with van der Waals surface area (Å²) in [6, 6.07) is 9.62. The van der Waals surface area contributed by atoms with E-state index in [9.17, 15) is 0 Å². The van der Waals surface area contributed by atoms with Crippen LogP contribution < -0.4 is 5.32 Å². The van der Waals surface area contributed by atoms with Gasteiger partial charge in [0, 0.05) is 23.1 Å². The number of rotatable bonds is 4. The van der Waals surface area contributed by atoms with Crippen LogP contribution in [0.3, 0.4) is 0 Å². The molecule has 1 N–H and O–H groups in total. The molecule has 0 saturated carbocycles. The van der Waals surface area contributed by atoms with Crippen molar-refractivity contribution in [3.05, 3.63) is 34.3 Å². The Kier molecular flexibility index (Phi) is 4.60. The molecular weight excluding hydrogens is 276 g/mol. The highest BCUT2D eigenvalue weighted by molar-refractivity contribution is 9.10. The van der Waals surface area contributed by atoms with E-state index in [-0.39, 0.29) is 0 Å². The Hall–Kier alpha value is -0.380. The topological polar surface area (TPSA) is 15.3 Å². The molecule has 1 aromatic carbocycles. The van der Waals surface area contributed by atoms with Gasteiger partial charge in [0.2, 0.25) is 0 Å². The quantitative estimate of drug-likeness (QED) is 0.918. The largest absolute Gasteiger partial charge is 0.313 e. The molecule has 2 unspecified atom stereocenters. The maximum absolute atomic E-state index is 3.64. The van der Waals surface area contributed by atoms with Gasteiger partial charge in [-0.15, -0.1) is 0 Å². The van der Waals surface area contributed by atoms with Gasteiger partial charge in [0.15, 0.2) is 0 Å². The lowest BCUT2D eigenvalue weighted by molar-refractivity contribution is 0.237. The highest BCUT2D eigenvalue weighted by atomic mass is 79.9. The first-order valence-electron chi connectivity index (χ1n) is 6.36. The van der Waals surface area contributed by atoms with Crippen LogP contribution >= 0.6 is 15.9 Å². The van der Waals surface area contributed by atoms with Crippen LogP contribution in [0.25, 0.3) is 0 Å². The van der Waals surface area contributed by atoms with Crippen molar-refractivity contribution in [2.75, 3.05) is 20.1 Å². The Labute approximate surface area is 113 Å². The van der Waals surface area contributed by atoms with E-state index < -0.39 is 0 Å². The molecule has 0 radical (unpaired) electrons. The molecule has 0 spiro atoms. The molecule has 0 bridgehead atoms. The number of likely N-dealkylation sites (N-methyl/N-ethyl adjacent to an activating group) is 1. The minimum atomic E-state index is 0.452. The molecule has 17 heavy (non-hydrogen) atoms. The summed E-state index contributed by atoms with van der Waals surface area (Å²) in [6.07, 6.45) is 2.63. The molecule has 1 fully saturated rings. The van der Waals surface area contributed by atoms with Crippen LogP contribution in [0.15, 0.2) is 28.7 Å². The van der Waals surface area contributed by atoms with E-state index in [0.29, 0.717) is 12.1 Å². The Bertz CT molecular complexity index is 361. The van der Waals surface area contributed by atoms with E-state index >= 15 is 0 Å². The van der Waals surface area contributed by atoms with Crippen LogP contribution in [-0.4, -0.2) is 31.1 Å². The van der Waals surface area contributed by atoms with Crippen molar-refractivity contribution in [1.82, 2.24) is 10.2 Å². The first-order valence-corrected chi connectivity index (χ1v) is 7.16. The molecule has 1 aromatic rings. The van der Waals surface area contributed by atoms with Crippen LogP contribution in [0.4, 0.5) is 0 Å². The van der Waals surface area contributed by atoms with Crippen LogP contribution in [-0.2, 0) is 0 Å². The Morgan fingerprint density at radius 3 is 2.88 bits per heavy atom. The van der Waals surface area contributed by atoms with Gasteiger partial charge in [0.1, 0.15) is 0 Å². The third-order valence-electron chi connectivity index (χ3n) is 3.69. The average Bonchev–Trinajstić information content (AvgIpc) is 2.81. The van der Waals surface area contributed by atoms with Crippen molar-refractivity contribution in [1.29, 1.82) is 0 Å². The first kappa shape index (κ1) is 13.1. The standard InChI is InChI=1S/C14H21BrN2/c1-11(13-7-3-4-8-14(13)15)17(2)10-12-6-5-9-16-12/h3-4,7-8,11-12,16H,5-6,9-10H2,1-2H3. The minimum Gasteiger partial charge on any atom is -0.313 e. The fourth-order valence-electron chi connectivity index (χ4n) is 2.47. The summed E-state index contributed by atoms with van der Waals surface area (Å²) in [7, 11) is 2.21. The van der Waals surface area contributed by atoms with Crippen molar-refractivity contribution in [3.63, 3.8) is 0 Å². The zero-order chi connectivity index (χ0) is 12.3. The van der Waals surface area contributed by atoms with Crippen LogP contribution in [0.1, 0.15) is 31.4 Å². The second-order valence-corrected chi connectivity index (χ2v) is 5.78. The van der Waals surface area contributed by atoms with Crippen molar-refractivity contribution in [2.45, 2.75) is 31.8 Å². The third kappa shape index (κ3) is 3.30. The summed E-state index contributed by atoms with van der Waals surface area (Å²) >= 11 is 3.64. The van der Waals surface area contributed by atoms with Gasteiger partial charge in [-0.05, 0) is 45.0 Å². The van der Waals surface area contributed by atoms with Gasteiger partial charge < -0.3 is 5.32 Å². The zero-order valence-electron chi connectivity index (χ0n) is 10.6. The van der Waals surface area contributed by atoms with Crippen molar-refractivity contribution < 1.29 is 0 Å². The van der Waals surface area contributed by atoms with Gasteiger partial charge in [0.25, 0.3) is 0 Å². The summed E-state index contributed by atoms with van der Waals surface area (Å²) < 4.78 is 1.21. The Balaban J connectivity index is 1.98. The van der Waals surface area contributed by atoms with Gasteiger partial charge in [-0.1, -0.05) is 34.1 Å². The van der Waals surface area contributed by atoms with E-state index in [4.69, 9.17) is 0 Å². The molecule has 1 aliphatic heterocycles. The maximum Gasteiger partial charge on any atom is 0.0328 e. The normalized spacial score (nSPS) is 22.0. The predicted molar refractivity (Wildman–Crippen MR) is 76.2 cm³/mol. The molecule has 2 atom stereocenters. The average molecular weight is 297 g/mol. The lowest BCUT2D eigenvalue weighted by Gasteiger charge is -2.28. The fourth-order valence-corrected chi connectivity index (χ4v) is 3.09. The molecule has 1 saturated heterocycles. The molecule has 3 heteroatoms. The Morgan fingerprint density at radius 1 is 1.47 bits per heavy atom. The summed E-state index contributed by atoms with van der Waals surface area (Å²) in [6.45, 7) is 4.58. The molecule has 0 aliphatic carbocycles. The second-order valence-electron chi connectivity index (χ2n) is 4.93. The molecule has 0 aromatic heterocycles. The molecule has 0 amide bonds. The predicted octanol–water partition coefficient (Wildman–Crippen LogP) is 3.19. The van der Waals surface area contributed by atoms with E-state index in [0.717, 1.165) is 6.54 Å². The van der Waals surface area contributed by atoms with Gasteiger partial charge in [-0.25, -0.2) is 0 Å². The number of nitrogens with zero attached hydrogens (tertiary/aromatic N) is 1. The number of hydrogen-bond acceptors (Lipinski definition) is 2. The monoisotopic (exact) mass is 296 g/mol. The van der Waals surface area contributed by atoms with Crippen molar-refractivity contribution in [2.24, 2.45) is 0 Å². The number of halogens is 1. The van der Waals surface area contributed by atoms with Gasteiger partial charge >= 0.3 is 0 Å². The molecule has 2 rings (SSSR count). The molecule has 94 valence electrons. The number of hydrogen-bond donors (Lipinski definition) is 1. The van der Waals surface area contributed by atoms with E-state index in [2.05, 4.69) is 64.4 Å². The van der Waals surface area contributed by atoms with Crippen LogP contribution in [0.5, 0.6) is 0 Å². The summed E-state index contributed by atoms with van der Waals surface area (Å²) in [4.78, 5) is 2.43. The minimum absolute atomic E-state index is 0.452. The smallest absolute Gasteiger partial charge is 0.0328 e. The lowest BCUT2D eigenvalue weighted by Crippen LogP contribution is -2.36. The molecule has 1 aliphatic rings. The van der Waals surface area contributed by atoms with Crippen LogP contribution in [0, 0.1) is 0 Å². The van der Waals surface area contributed by atoms with Crippen LogP contribution in [0.2, 0.25) is 0 Å². The van der Waals surface area contributed by atoms with Gasteiger partial charge in [-0.3, -0.25) is 4.90 Å². The summed E-state index contributed by atoms with van der Waals surface area (Å²) in [5.41, 5.74) is 1.37. The summed E-state index contributed by atoms with van der Waals surface area (Å²) in [5.74, 6) is 0. The third-order valence-corrected chi connectivity index (χ3v) is 4.41. The highest BCUT2D eigenvalue weighted by Gasteiger charge is 2.20. The van der Waals surface area contributed by atoms with E-state index in [1.807, 2.05) is 0 Å². The second kappa shape index (κ2) is 5.98. The fraction of sp³-hybridized carbons (Fsp3) is 0.571. The lowest BCUT2D eigenvalue weighted by atomic mass is 10.1. The SMILES string of the molecule is CC(c1ccccc1Br)N(C)CC1CCCN1. The van der Waals surface area contributed by atoms with Gasteiger partial charge in [-0.2, -0.15) is 0 Å². The molecule has 1 heterocycles. The van der Waals surface area contributed by atoms with E-state index in [1.54, 1.807) is 0 Å². The number of benzene rings is 1. The molecule has 2 nitrogen and oxygen atoms in total. The molecular formula is C14H21BrN2.